The molecule has 2 aliphatic rings. The number of carbonyl (C=O) groups excluding carboxylic acids is 1. The Morgan fingerprint density at radius 2 is 1.50 bits per heavy atom. The lowest BCUT2D eigenvalue weighted by atomic mass is 9.79. The predicted octanol–water partition coefficient (Wildman–Crippen LogP) is 5.57. The molecule has 120 valence electrons. The Labute approximate surface area is 134 Å². The summed E-state index contributed by atoms with van der Waals surface area (Å²) in [6.07, 6.45) is 12.9. The van der Waals surface area contributed by atoms with Crippen LogP contribution in [0.3, 0.4) is 0 Å². The van der Waals surface area contributed by atoms with E-state index in [0.29, 0.717) is 11.8 Å². The van der Waals surface area contributed by atoms with Crippen molar-refractivity contribution in [1.29, 1.82) is 0 Å². The Morgan fingerprint density at radius 3 is 2.09 bits per heavy atom. The Kier molecular flexibility index (Phi) is 5.17. The van der Waals surface area contributed by atoms with Crippen molar-refractivity contribution in [3.05, 3.63) is 34.9 Å². The molecule has 0 amide bonds. The van der Waals surface area contributed by atoms with Gasteiger partial charge in [-0.25, -0.2) is 4.79 Å². The zero-order valence-electron chi connectivity index (χ0n) is 13.8. The summed E-state index contributed by atoms with van der Waals surface area (Å²) in [5, 5.41) is 0. The molecule has 2 heteroatoms. The molecule has 0 atom stereocenters. The Balaban J connectivity index is 1.90. The lowest BCUT2D eigenvalue weighted by Gasteiger charge is -2.26. The molecule has 0 aromatic heterocycles. The predicted molar refractivity (Wildman–Crippen MR) is 89.4 cm³/mol. The van der Waals surface area contributed by atoms with Crippen molar-refractivity contribution in [2.24, 2.45) is 0 Å². The first-order chi connectivity index (χ1) is 10.8. The van der Waals surface area contributed by atoms with Crippen LogP contribution in [0, 0.1) is 0 Å². The van der Waals surface area contributed by atoms with E-state index in [9.17, 15) is 4.79 Å². The number of ether oxygens (including phenoxy) is 1. The molecule has 0 N–H and O–H groups in total. The summed E-state index contributed by atoms with van der Waals surface area (Å²) in [4.78, 5) is 12.3. The fourth-order valence-corrected chi connectivity index (χ4v) is 4.32. The summed E-state index contributed by atoms with van der Waals surface area (Å²) < 4.78 is 5.07. The van der Waals surface area contributed by atoms with Gasteiger partial charge in [0.1, 0.15) is 0 Å². The number of benzene rings is 1. The van der Waals surface area contributed by atoms with Crippen LogP contribution in [-0.2, 0) is 4.74 Å². The molecule has 2 aliphatic carbocycles. The van der Waals surface area contributed by atoms with Crippen LogP contribution in [0.15, 0.2) is 18.2 Å². The molecule has 1 aromatic rings. The summed E-state index contributed by atoms with van der Waals surface area (Å²) in [5.41, 5.74) is 3.41. The van der Waals surface area contributed by atoms with E-state index >= 15 is 0 Å². The van der Waals surface area contributed by atoms with Gasteiger partial charge in [-0.2, -0.15) is 0 Å². The van der Waals surface area contributed by atoms with E-state index in [0.717, 1.165) is 5.56 Å². The molecule has 0 saturated heterocycles. The largest absolute Gasteiger partial charge is 0.465 e. The van der Waals surface area contributed by atoms with Crippen LogP contribution >= 0.6 is 0 Å². The molecule has 0 unspecified atom stereocenters. The molecule has 2 fully saturated rings. The Bertz CT molecular complexity index is 508. The minimum Gasteiger partial charge on any atom is -0.465 e. The summed E-state index contributed by atoms with van der Waals surface area (Å²) in [6.45, 7) is 0. The standard InChI is InChI=1S/C20H28O2/c1-22-20(21)19-14-17(15-8-4-2-5-9-15)12-13-18(19)16-10-6-3-7-11-16/h12-16H,2-11H2,1H3. The van der Waals surface area contributed by atoms with Crippen molar-refractivity contribution in [3.63, 3.8) is 0 Å². The lowest BCUT2D eigenvalue weighted by Crippen LogP contribution is -2.14. The molecular formula is C20H28O2. The second-order valence-electron chi connectivity index (χ2n) is 7.01. The zero-order chi connectivity index (χ0) is 15.4. The molecule has 22 heavy (non-hydrogen) atoms. The smallest absolute Gasteiger partial charge is 0.338 e. The van der Waals surface area contributed by atoms with Gasteiger partial charge < -0.3 is 4.74 Å². The van der Waals surface area contributed by atoms with E-state index in [2.05, 4.69) is 18.2 Å². The van der Waals surface area contributed by atoms with Crippen molar-refractivity contribution in [2.75, 3.05) is 7.11 Å². The van der Waals surface area contributed by atoms with Crippen LogP contribution in [0.5, 0.6) is 0 Å². The SMILES string of the molecule is COC(=O)c1cc(C2CCCCC2)ccc1C1CCCCC1. The van der Waals surface area contributed by atoms with Gasteiger partial charge in [-0.05, 0) is 54.7 Å². The zero-order valence-corrected chi connectivity index (χ0v) is 13.8. The van der Waals surface area contributed by atoms with E-state index in [1.807, 2.05) is 0 Å². The van der Waals surface area contributed by atoms with Gasteiger partial charge in [-0.1, -0.05) is 50.7 Å². The Morgan fingerprint density at radius 1 is 0.909 bits per heavy atom. The van der Waals surface area contributed by atoms with Crippen molar-refractivity contribution in [3.8, 4) is 0 Å². The van der Waals surface area contributed by atoms with E-state index < -0.39 is 0 Å². The number of rotatable bonds is 3. The average molecular weight is 300 g/mol. The molecule has 0 heterocycles. The van der Waals surface area contributed by atoms with Crippen LogP contribution in [0.2, 0.25) is 0 Å². The molecule has 0 spiro atoms. The normalized spacial score (nSPS) is 20.8. The number of methoxy groups -OCH3 is 1. The van der Waals surface area contributed by atoms with Gasteiger partial charge in [0, 0.05) is 0 Å². The minimum absolute atomic E-state index is 0.154. The van der Waals surface area contributed by atoms with Crippen LogP contribution in [0.4, 0.5) is 0 Å². The first kappa shape index (κ1) is 15.6. The van der Waals surface area contributed by atoms with Gasteiger partial charge in [0.2, 0.25) is 0 Å². The summed E-state index contributed by atoms with van der Waals surface area (Å²) >= 11 is 0. The third-order valence-corrected chi connectivity index (χ3v) is 5.60. The highest BCUT2D eigenvalue weighted by Gasteiger charge is 2.24. The summed E-state index contributed by atoms with van der Waals surface area (Å²) in [5.74, 6) is 1.03. The lowest BCUT2D eigenvalue weighted by molar-refractivity contribution is 0.0598. The minimum atomic E-state index is -0.154. The van der Waals surface area contributed by atoms with Crippen molar-refractivity contribution >= 4 is 5.97 Å². The maximum atomic E-state index is 12.3. The fraction of sp³-hybridized carbons (Fsp3) is 0.650. The van der Waals surface area contributed by atoms with Crippen molar-refractivity contribution in [2.45, 2.75) is 76.0 Å². The van der Waals surface area contributed by atoms with Crippen molar-refractivity contribution < 1.29 is 9.53 Å². The fourth-order valence-electron chi connectivity index (χ4n) is 4.32. The number of hydrogen-bond donors (Lipinski definition) is 0. The Hall–Kier alpha value is -1.31. The third kappa shape index (κ3) is 3.37. The van der Waals surface area contributed by atoms with Crippen LogP contribution < -0.4 is 0 Å². The van der Waals surface area contributed by atoms with Gasteiger partial charge in [-0.15, -0.1) is 0 Å². The highest BCUT2D eigenvalue weighted by Crippen LogP contribution is 2.38. The first-order valence-electron chi connectivity index (χ1n) is 9.01. The van der Waals surface area contributed by atoms with Gasteiger partial charge >= 0.3 is 5.97 Å². The quantitative estimate of drug-likeness (QED) is 0.682. The first-order valence-corrected chi connectivity index (χ1v) is 9.01. The topological polar surface area (TPSA) is 26.3 Å². The highest BCUT2D eigenvalue weighted by atomic mass is 16.5. The average Bonchev–Trinajstić information content (AvgIpc) is 2.62. The van der Waals surface area contributed by atoms with Gasteiger partial charge in [0.15, 0.2) is 0 Å². The molecule has 0 bridgehead atoms. The highest BCUT2D eigenvalue weighted by molar-refractivity contribution is 5.91. The van der Waals surface area contributed by atoms with E-state index in [1.54, 1.807) is 0 Å². The van der Waals surface area contributed by atoms with Gasteiger partial charge in [0.25, 0.3) is 0 Å². The molecule has 1 aromatic carbocycles. The van der Waals surface area contributed by atoms with Gasteiger partial charge in [-0.3, -0.25) is 0 Å². The molecule has 2 nitrogen and oxygen atoms in total. The third-order valence-electron chi connectivity index (χ3n) is 5.60. The molecule has 0 aliphatic heterocycles. The maximum absolute atomic E-state index is 12.3. The molecule has 3 rings (SSSR count). The van der Waals surface area contributed by atoms with Crippen LogP contribution in [-0.4, -0.2) is 13.1 Å². The van der Waals surface area contributed by atoms with E-state index in [4.69, 9.17) is 4.74 Å². The van der Waals surface area contributed by atoms with E-state index in [-0.39, 0.29) is 5.97 Å². The van der Waals surface area contributed by atoms with Gasteiger partial charge in [0.05, 0.1) is 12.7 Å². The number of esters is 1. The maximum Gasteiger partial charge on any atom is 0.338 e. The second-order valence-corrected chi connectivity index (χ2v) is 7.01. The van der Waals surface area contributed by atoms with Crippen LogP contribution in [0.1, 0.15) is 97.5 Å². The van der Waals surface area contributed by atoms with Crippen molar-refractivity contribution in [1.82, 2.24) is 0 Å². The molecule has 0 radical (unpaired) electrons. The van der Waals surface area contributed by atoms with E-state index in [1.165, 1.54) is 82.4 Å². The molecular weight excluding hydrogens is 272 g/mol. The number of hydrogen-bond acceptors (Lipinski definition) is 2. The monoisotopic (exact) mass is 300 g/mol. The molecule has 2 saturated carbocycles. The van der Waals surface area contributed by atoms with Crippen LogP contribution in [0.25, 0.3) is 0 Å². The summed E-state index contributed by atoms with van der Waals surface area (Å²) in [7, 11) is 1.50. The second kappa shape index (κ2) is 7.30. The number of carbonyl (C=O) groups is 1. The summed E-state index contributed by atoms with van der Waals surface area (Å²) in [6, 6.07) is 6.66.